The van der Waals surface area contributed by atoms with E-state index in [0.29, 0.717) is 13.1 Å². The highest BCUT2D eigenvalue weighted by atomic mass is 16.3. The van der Waals surface area contributed by atoms with E-state index in [4.69, 9.17) is 0 Å². The Hall–Kier alpha value is -1.55. The fourth-order valence-corrected chi connectivity index (χ4v) is 1.35. The monoisotopic (exact) mass is 208 g/mol. The highest BCUT2D eigenvalue weighted by molar-refractivity contribution is 5.77. The standard InChI is InChI=1S/C11H16N2O2/c1-12-11(15)8-13(2)7-9-4-3-5-10(14)6-9/h3-6,14H,7-8H2,1-2H3,(H,12,15). The van der Waals surface area contributed by atoms with Gasteiger partial charge in [-0.15, -0.1) is 0 Å². The number of phenols is 1. The molecular weight excluding hydrogens is 192 g/mol. The number of phenolic OH excluding ortho intramolecular Hbond substituents is 1. The Bertz CT molecular complexity index is 339. The second-order valence-corrected chi connectivity index (χ2v) is 3.52. The first-order valence-corrected chi connectivity index (χ1v) is 4.79. The van der Waals surface area contributed by atoms with E-state index in [2.05, 4.69) is 5.32 Å². The van der Waals surface area contributed by atoms with Crippen LogP contribution in [0.15, 0.2) is 24.3 Å². The quantitative estimate of drug-likeness (QED) is 0.760. The van der Waals surface area contributed by atoms with Crippen LogP contribution in [-0.2, 0) is 11.3 Å². The third-order valence-corrected chi connectivity index (χ3v) is 2.06. The molecule has 0 fully saturated rings. The molecule has 0 aliphatic rings. The summed E-state index contributed by atoms with van der Waals surface area (Å²) in [6.45, 7) is 0.994. The topological polar surface area (TPSA) is 52.6 Å². The van der Waals surface area contributed by atoms with Crippen LogP contribution in [-0.4, -0.2) is 36.6 Å². The van der Waals surface area contributed by atoms with Crippen molar-refractivity contribution in [3.05, 3.63) is 29.8 Å². The van der Waals surface area contributed by atoms with E-state index < -0.39 is 0 Å². The van der Waals surface area contributed by atoms with Gasteiger partial charge in [0.1, 0.15) is 5.75 Å². The summed E-state index contributed by atoms with van der Waals surface area (Å²) in [4.78, 5) is 13.0. The molecule has 1 aromatic rings. The van der Waals surface area contributed by atoms with Gasteiger partial charge in [0.15, 0.2) is 0 Å². The summed E-state index contributed by atoms with van der Waals surface area (Å²) in [5, 5.41) is 11.8. The smallest absolute Gasteiger partial charge is 0.233 e. The average molecular weight is 208 g/mol. The molecule has 0 aromatic heterocycles. The van der Waals surface area contributed by atoms with Crippen molar-refractivity contribution in [2.45, 2.75) is 6.54 Å². The van der Waals surface area contributed by atoms with Gasteiger partial charge in [-0.3, -0.25) is 9.69 Å². The minimum absolute atomic E-state index is 0.0161. The lowest BCUT2D eigenvalue weighted by Crippen LogP contribution is -2.32. The molecule has 0 saturated carbocycles. The Morgan fingerprint density at radius 2 is 2.27 bits per heavy atom. The van der Waals surface area contributed by atoms with Gasteiger partial charge in [0.25, 0.3) is 0 Å². The van der Waals surface area contributed by atoms with Gasteiger partial charge in [-0.25, -0.2) is 0 Å². The summed E-state index contributed by atoms with van der Waals surface area (Å²) >= 11 is 0. The number of hydrogen-bond acceptors (Lipinski definition) is 3. The molecule has 15 heavy (non-hydrogen) atoms. The number of nitrogens with one attached hydrogen (secondary N) is 1. The van der Waals surface area contributed by atoms with Gasteiger partial charge in [-0.2, -0.15) is 0 Å². The molecule has 0 saturated heterocycles. The molecule has 2 N–H and O–H groups in total. The molecule has 0 aliphatic carbocycles. The first-order valence-electron chi connectivity index (χ1n) is 4.79. The van der Waals surface area contributed by atoms with Crippen LogP contribution in [0.1, 0.15) is 5.56 Å². The van der Waals surface area contributed by atoms with Crippen molar-refractivity contribution in [3.8, 4) is 5.75 Å². The Kier molecular flexibility index (Phi) is 4.12. The van der Waals surface area contributed by atoms with Crippen molar-refractivity contribution in [1.29, 1.82) is 0 Å². The van der Waals surface area contributed by atoms with Crippen LogP contribution in [0.25, 0.3) is 0 Å². The van der Waals surface area contributed by atoms with Crippen LogP contribution < -0.4 is 5.32 Å². The molecule has 4 heteroatoms. The van der Waals surface area contributed by atoms with E-state index in [1.165, 1.54) is 0 Å². The SMILES string of the molecule is CNC(=O)CN(C)Cc1cccc(O)c1. The summed E-state index contributed by atoms with van der Waals surface area (Å²) in [6, 6.07) is 7.03. The van der Waals surface area contributed by atoms with Crippen molar-refractivity contribution >= 4 is 5.91 Å². The van der Waals surface area contributed by atoms with Crippen LogP contribution in [0.3, 0.4) is 0 Å². The fourth-order valence-electron chi connectivity index (χ4n) is 1.35. The summed E-state index contributed by atoms with van der Waals surface area (Å²) in [5.74, 6) is 0.235. The lowest BCUT2D eigenvalue weighted by molar-refractivity contribution is -0.121. The molecule has 82 valence electrons. The summed E-state index contributed by atoms with van der Waals surface area (Å²) in [5.41, 5.74) is 0.987. The zero-order chi connectivity index (χ0) is 11.3. The molecule has 0 unspecified atom stereocenters. The Morgan fingerprint density at radius 1 is 1.53 bits per heavy atom. The van der Waals surface area contributed by atoms with E-state index in [1.54, 1.807) is 25.2 Å². The van der Waals surface area contributed by atoms with Gasteiger partial charge in [0.05, 0.1) is 6.54 Å². The first-order chi connectivity index (χ1) is 7.11. The Balaban J connectivity index is 2.51. The molecule has 0 heterocycles. The van der Waals surface area contributed by atoms with E-state index in [0.717, 1.165) is 5.56 Å². The Morgan fingerprint density at radius 3 is 2.87 bits per heavy atom. The van der Waals surface area contributed by atoms with Gasteiger partial charge >= 0.3 is 0 Å². The maximum absolute atomic E-state index is 11.1. The molecule has 4 nitrogen and oxygen atoms in total. The molecule has 0 bridgehead atoms. The molecule has 1 aromatic carbocycles. The summed E-state index contributed by atoms with van der Waals surface area (Å²) in [6.07, 6.45) is 0. The molecule has 0 atom stereocenters. The van der Waals surface area contributed by atoms with Gasteiger partial charge < -0.3 is 10.4 Å². The number of rotatable bonds is 4. The first kappa shape index (κ1) is 11.5. The molecule has 0 aliphatic heterocycles. The van der Waals surface area contributed by atoms with Crippen LogP contribution in [0.2, 0.25) is 0 Å². The number of benzene rings is 1. The van der Waals surface area contributed by atoms with Crippen molar-refractivity contribution in [2.24, 2.45) is 0 Å². The number of hydrogen-bond donors (Lipinski definition) is 2. The highest BCUT2D eigenvalue weighted by Crippen LogP contribution is 2.11. The zero-order valence-electron chi connectivity index (χ0n) is 9.03. The predicted molar refractivity (Wildman–Crippen MR) is 58.5 cm³/mol. The largest absolute Gasteiger partial charge is 0.508 e. The minimum atomic E-state index is -0.0161. The van der Waals surface area contributed by atoms with Gasteiger partial charge in [0, 0.05) is 13.6 Å². The normalized spacial score (nSPS) is 10.3. The lowest BCUT2D eigenvalue weighted by atomic mass is 10.2. The summed E-state index contributed by atoms with van der Waals surface area (Å²) in [7, 11) is 3.48. The second kappa shape index (κ2) is 5.36. The van der Waals surface area contributed by atoms with Gasteiger partial charge in [-0.1, -0.05) is 12.1 Å². The highest BCUT2D eigenvalue weighted by Gasteiger charge is 2.05. The lowest BCUT2D eigenvalue weighted by Gasteiger charge is -2.15. The van der Waals surface area contributed by atoms with Crippen LogP contribution in [0.4, 0.5) is 0 Å². The number of amides is 1. The van der Waals surface area contributed by atoms with Gasteiger partial charge in [0.2, 0.25) is 5.91 Å². The van der Waals surface area contributed by atoms with E-state index >= 15 is 0 Å². The average Bonchev–Trinajstić information content (AvgIpc) is 2.17. The fraction of sp³-hybridized carbons (Fsp3) is 0.364. The third kappa shape index (κ3) is 3.99. The van der Waals surface area contributed by atoms with Crippen LogP contribution in [0.5, 0.6) is 5.75 Å². The number of carbonyl (C=O) groups excluding carboxylic acids is 1. The van der Waals surface area contributed by atoms with Gasteiger partial charge in [-0.05, 0) is 24.7 Å². The van der Waals surface area contributed by atoms with Crippen molar-refractivity contribution in [3.63, 3.8) is 0 Å². The third-order valence-electron chi connectivity index (χ3n) is 2.06. The Labute approximate surface area is 89.5 Å². The zero-order valence-corrected chi connectivity index (χ0v) is 9.03. The molecule has 0 radical (unpaired) electrons. The molecule has 0 spiro atoms. The molecule has 1 amide bonds. The number of carbonyl (C=O) groups is 1. The molecule has 1 rings (SSSR count). The van der Waals surface area contributed by atoms with E-state index in [9.17, 15) is 9.90 Å². The van der Waals surface area contributed by atoms with Crippen LogP contribution >= 0.6 is 0 Å². The maximum Gasteiger partial charge on any atom is 0.233 e. The number of likely N-dealkylation sites (N-methyl/N-ethyl adjacent to an activating group) is 2. The van der Waals surface area contributed by atoms with Crippen molar-refractivity contribution in [1.82, 2.24) is 10.2 Å². The second-order valence-electron chi connectivity index (χ2n) is 3.52. The van der Waals surface area contributed by atoms with Crippen molar-refractivity contribution < 1.29 is 9.90 Å². The number of aromatic hydroxyl groups is 1. The summed E-state index contributed by atoms with van der Waals surface area (Å²) < 4.78 is 0. The molecular formula is C11H16N2O2. The number of nitrogens with zero attached hydrogens (tertiary/aromatic N) is 1. The van der Waals surface area contributed by atoms with E-state index in [-0.39, 0.29) is 11.7 Å². The maximum atomic E-state index is 11.1. The van der Waals surface area contributed by atoms with Crippen molar-refractivity contribution in [2.75, 3.05) is 20.6 Å². The van der Waals surface area contributed by atoms with Crippen LogP contribution in [0, 0.1) is 0 Å². The van der Waals surface area contributed by atoms with E-state index in [1.807, 2.05) is 18.0 Å². The predicted octanol–water partition coefficient (Wildman–Crippen LogP) is 0.570. The minimum Gasteiger partial charge on any atom is -0.508 e.